The van der Waals surface area contributed by atoms with Gasteiger partial charge in [-0.25, -0.2) is 13.1 Å². The van der Waals surface area contributed by atoms with Gasteiger partial charge >= 0.3 is 0 Å². The third-order valence-corrected chi connectivity index (χ3v) is 5.69. The fourth-order valence-corrected chi connectivity index (χ4v) is 3.34. The molecule has 0 aliphatic heterocycles. The van der Waals surface area contributed by atoms with Gasteiger partial charge in [-0.15, -0.1) is 0 Å². The second-order valence-corrected chi connectivity index (χ2v) is 7.97. The molecule has 0 heterocycles. The number of sulfonamides is 1. The van der Waals surface area contributed by atoms with E-state index in [0.717, 1.165) is 12.0 Å². The first-order valence-electron chi connectivity index (χ1n) is 7.85. The highest BCUT2D eigenvalue weighted by Crippen LogP contribution is 2.22. The van der Waals surface area contributed by atoms with E-state index >= 15 is 0 Å². The molecule has 0 atom stereocenters. The summed E-state index contributed by atoms with van der Waals surface area (Å²) in [6, 6.07) is 12.1. The van der Waals surface area contributed by atoms with Crippen LogP contribution in [0.4, 0.5) is 0 Å². The molecule has 0 aliphatic rings. The van der Waals surface area contributed by atoms with Crippen molar-refractivity contribution >= 4 is 27.5 Å². The number of carbonyl (C=O) groups is 1. The number of halogens is 1. The monoisotopic (exact) mass is 380 g/mol. The smallest absolute Gasteiger partial charge is 0.255 e. The highest BCUT2D eigenvalue weighted by molar-refractivity contribution is 7.89. The van der Waals surface area contributed by atoms with Crippen LogP contribution in [0.3, 0.4) is 0 Å². The van der Waals surface area contributed by atoms with Crippen LogP contribution < -0.4 is 4.72 Å². The van der Waals surface area contributed by atoms with E-state index in [4.69, 9.17) is 11.6 Å². The summed E-state index contributed by atoms with van der Waals surface area (Å²) in [5.41, 5.74) is 2.37. The molecule has 0 aromatic heterocycles. The summed E-state index contributed by atoms with van der Waals surface area (Å²) in [6.45, 7) is 2.49. The number of carbonyl (C=O) groups excluding carboxylic acids is 1. The molecule has 0 saturated carbocycles. The molecule has 7 heteroatoms. The lowest BCUT2D eigenvalue weighted by Gasteiger charge is -2.19. The van der Waals surface area contributed by atoms with Crippen molar-refractivity contribution in [3.63, 3.8) is 0 Å². The van der Waals surface area contributed by atoms with Crippen LogP contribution in [-0.2, 0) is 23.0 Å². The van der Waals surface area contributed by atoms with Crippen LogP contribution in [0, 0.1) is 0 Å². The third kappa shape index (κ3) is 4.60. The minimum absolute atomic E-state index is 0.00319. The lowest BCUT2D eigenvalue weighted by atomic mass is 10.1. The molecule has 5 nitrogen and oxygen atoms in total. The van der Waals surface area contributed by atoms with Crippen molar-refractivity contribution in [2.24, 2.45) is 0 Å². The van der Waals surface area contributed by atoms with Crippen LogP contribution in [0.15, 0.2) is 47.4 Å². The Morgan fingerprint density at radius 3 is 2.28 bits per heavy atom. The summed E-state index contributed by atoms with van der Waals surface area (Å²) >= 11 is 6.11. The second kappa shape index (κ2) is 7.99. The van der Waals surface area contributed by atoms with Crippen molar-refractivity contribution in [1.82, 2.24) is 9.62 Å². The van der Waals surface area contributed by atoms with E-state index in [0.29, 0.717) is 6.54 Å². The number of nitrogens with one attached hydrogen (secondary N) is 1. The van der Waals surface area contributed by atoms with Gasteiger partial charge in [0.1, 0.15) is 0 Å². The number of aryl methyl sites for hydroxylation is 1. The van der Waals surface area contributed by atoms with E-state index in [1.54, 1.807) is 7.05 Å². The maximum Gasteiger partial charge on any atom is 0.255 e. The first-order valence-corrected chi connectivity index (χ1v) is 9.71. The SMILES string of the molecule is CCc1ccc(CN(C)C(=O)c2cc(S(=O)(=O)NC)ccc2Cl)cc1. The Labute approximate surface area is 153 Å². The summed E-state index contributed by atoms with van der Waals surface area (Å²) in [5, 5.41) is 0.216. The number of amides is 1. The number of rotatable bonds is 6. The number of benzene rings is 2. The molecule has 2 rings (SSSR count). The van der Waals surface area contributed by atoms with Gasteiger partial charge < -0.3 is 4.90 Å². The van der Waals surface area contributed by atoms with Crippen molar-refractivity contribution in [1.29, 1.82) is 0 Å². The van der Waals surface area contributed by atoms with E-state index in [-0.39, 0.29) is 21.4 Å². The highest BCUT2D eigenvalue weighted by atomic mass is 35.5. The molecule has 0 saturated heterocycles. The molecule has 0 fully saturated rings. The molecule has 25 heavy (non-hydrogen) atoms. The van der Waals surface area contributed by atoms with Crippen LogP contribution in [0.5, 0.6) is 0 Å². The molecule has 1 N–H and O–H groups in total. The van der Waals surface area contributed by atoms with Gasteiger partial charge in [0, 0.05) is 13.6 Å². The Bertz CT molecular complexity index is 864. The Morgan fingerprint density at radius 2 is 1.72 bits per heavy atom. The predicted octanol–water partition coefficient (Wildman–Crippen LogP) is 3.08. The van der Waals surface area contributed by atoms with Crippen molar-refractivity contribution in [2.75, 3.05) is 14.1 Å². The maximum absolute atomic E-state index is 12.7. The van der Waals surface area contributed by atoms with Gasteiger partial charge in [0.25, 0.3) is 5.91 Å². The summed E-state index contributed by atoms with van der Waals surface area (Å²) in [5.74, 6) is -0.335. The minimum atomic E-state index is -3.64. The molecule has 0 radical (unpaired) electrons. The quantitative estimate of drug-likeness (QED) is 0.837. The van der Waals surface area contributed by atoms with E-state index in [9.17, 15) is 13.2 Å². The second-order valence-electron chi connectivity index (χ2n) is 5.68. The topological polar surface area (TPSA) is 66.5 Å². The first-order chi connectivity index (χ1) is 11.8. The van der Waals surface area contributed by atoms with Gasteiger partial charge in [0.15, 0.2) is 0 Å². The van der Waals surface area contributed by atoms with Crippen molar-refractivity contribution in [3.8, 4) is 0 Å². The van der Waals surface area contributed by atoms with Crippen LogP contribution in [0.2, 0.25) is 5.02 Å². The van der Waals surface area contributed by atoms with Crippen LogP contribution in [0.1, 0.15) is 28.4 Å². The number of hydrogen-bond acceptors (Lipinski definition) is 3. The standard InChI is InChI=1S/C18H21ClN2O3S/c1-4-13-5-7-14(8-6-13)12-21(3)18(22)16-11-15(9-10-17(16)19)25(23,24)20-2/h5-11,20H,4,12H2,1-3H3. The minimum Gasteiger partial charge on any atom is -0.337 e. The van der Waals surface area contributed by atoms with Gasteiger partial charge in [0.05, 0.1) is 15.5 Å². The molecule has 0 bridgehead atoms. The molecular weight excluding hydrogens is 360 g/mol. The molecule has 1 amide bonds. The largest absolute Gasteiger partial charge is 0.337 e. The highest BCUT2D eigenvalue weighted by Gasteiger charge is 2.20. The average molecular weight is 381 g/mol. The van der Waals surface area contributed by atoms with Gasteiger partial charge in [0.2, 0.25) is 10.0 Å². The maximum atomic E-state index is 12.7. The first kappa shape index (κ1) is 19.4. The Balaban J connectivity index is 2.25. The summed E-state index contributed by atoms with van der Waals surface area (Å²) in [4.78, 5) is 14.2. The summed E-state index contributed by atoms with van der Waals surface area (Å²) < 4.78 is 26.1. The van der Waals surface area contributed by atoms with Crippen LogP contribution in [-0.4, -0.2) is 33.3 Å². The lowest BCUT2D eigenvalue weighted by Crippen LogP contribution is -2.27. The molecule has 0 aliphatic carbocycles. The van der Waals surface area contributed by atoms with Crippen LogP contribution >= 0.6 is 11.6 Å². The zero-order valence-electron chi connectivity index (χ0n) is 14.4. The third-order valence-electron chi connectivity index (χ3n) is 3.94. The lowest BCUT2D eigenvalue weighted by molar-refractivity contribution is 0.0785. The zero-order valence-corrected chi connectivity index (χ0v) is 16.0. The summed E-state index contributed by atoms with van der Waals surface area (Å²) in [6.07, 6.45) is 0.956. The van der Waals surface area contributed by atoms with Gasteiger partial charge in [-0.05, 0) is 42.8 Å². The number of nitrogens with zero attached hydrogens (tertiary/aromatic N) is 1. The molecule has 0 spiro atoms. The molecule has 2 aromatic carbocycles. The molecule has 0 unspecified atom stereocenters. The van der Waals surface area contributed by atoms with Crippen molar-refractivity contribution in [3.05, 3.63) is 64.2 Å². The zero-order chi connectivity index (χ0) is 18.6. The molecule has 2 aromatic rings. The van der Waals surface area contributed by atoms with E-state index in [1.807, 2.05) is 24.3 Å². The Morgan fingerprint density at radius 1 is 1.12 bits per heavy atom. The number of hydrogen-bond donors (Lipinski definition) is 1. The normalized spacial score (nSPS) is 11.4. The van der Waals surface area contributed by atoms with Crippen molar-refractivity contribution < 1.29 is 13.2 Å². The van der Waals surface area contributed by atoms with Gasteiger partial charge in [-0.2, -0.15) is 0 Å². The molecular formula is C18H21ClN2O3S. The fourth-order valence-electron chi connectivity index (χ4n) is 2.38. The predicted molar refractivity (Wildman–Crippen MR) is 99.3 cm³/mol. The van der Waals surface area contributed by atoms with E-state index < -0.39 is 10.0 Å². The molecule has 134 valence electrons. The van der Waals surface area contributed by atoms with E-state index in [2.05, 4.69) is 11.6 Å². The average Bonchev–Trinajstić information content (AvgIpc) is 2.62. The van der Waals surface area contributed by atoms with Crippen LogP contribution in [0.25, 0.3) is 0 Å². The van der Waals surface area contributed by atoms with Gasteiger partial charge in [-0.1, -0.05) is 42.8 Å². The Kier molecular flexibility index (Phi) is 6.21. The Hall–Kier alpha value is -1.89. The van der Waals surface area contributed by atoms with E-state index in [1.165, 1.54) is 35.7 Å². The summed E-state index contributed by atoms with van der Waals surface area (Å²) in [7, 11) is -0.667. The fraction of sp³-hybridized carbons (Fsp3) is 0.278. The van der Waals surface area contributed by atoms with Gasteiger partial charge in [-0.3, -0.25) is 4.79 Å². The van der Waals surface area contributed by atoms with Crippen molar-refractivity contribution in [2.45, 2.75) is 24.8 Å².